The van der Waals surface area contributed by atoms with Crippen molar-refractivity contribution in [3.05, 3.63) is 35.9 Å². The summed E-state index contributed by atoms with van der Waals surface area (Å²) < 4.78 is 0. The Kier molecular flexibility index (Phi) is 8.12. The average Bonchev–Trinajstić information content (AvgIpc) is 2.49. The van der Waals surface area contributed by atoms with E-state index in [-0.39, 0.29) is 18.4 Å². The highest BCUT2D eigenvalue weighted by Crippen LogP contribution is 2.14. The van der Waals surface area contributed by atoms with Crippen molar-refractivity contribution < 1.29 is 14.7 Å². The number of benzene rings is 1. The summed E-state index contributed by atoms with van der Waals surface area (Å²) in [6, 6.07) is 9.62. The highest BCUT2D eigenvalue weighted by atomic mass is 16.4. The summed E-state index contributed by atoms with van der Waals surface area (Å²) in [6.45, 7) is 0.596. The van der Waals surface area contributed by atoms with Crippen LogP contribution in [0.2, 0.25) is 0 Å². The highest BCUT2D eigenvalue weighted by molar-refractivity contribution is 5.75. The van der Waals surface area contributed by atoms with Gasteiger partial charge in [-0.15, -0.1) is 0 Å². The molecule has 4 N–H and O–H groups in total. The lowest BCUT2D eigenvalue weighted by molar-refractivity contribution is -0.137. The summed E-state index contributed by atoms with van der Waals surface area (Å²) in [5, 5.41) is 11.3. The number of carbonyl (C=O) groups is 2. The molecule has 5 nitrogen and oxygen atoms in total. The summed E-state index contributed by atoms with van der Waals surface area (Å²) in [5.41, 5.74) is 7.07. The zero-order valence-electron chi connectivity index (χ0n) is 12.3. The molecule has 0 saturated carbocycles. The Balaban J connectivity index is 2.07. The lowest BCUT2D eigenvalue weighted by Gasteiger charge is -2.11. The summed E-state index contributed by atoms with van der Waals surface area (Å²) in [7, 11) is 0. The Bertz CT molecular complexity index is 434. The SMILES string of the molecule is NC(CCC(=O)NCCCCCC(=O)O)c1ccccc1. The first-order valence-electron chi connectivity index (χ1n) is 7.38. The number of carboxylic acids is 1. The number of carboxylic acid groups (broad SMARTS) is 1. The molecule has 116 valence electrons. The van der Waals surface area contributed by atoms with Gasteiger partial charge in [-0.25, -0.2) is 0 Å². The van der Waals surface area contributed by atoms with Gasteiger partial charge in [-0.3, -0.25) is 9.59 Å². The minimum Gasteiger partial charge on any atom is -0.481 e. The van der Waals surface area contributed by atoms with Gasteiger partial charge in [-0.05, 0) is 24.8 Å². The van der Waals surface area contributed by atoms with E-state index >= 15 is 0 Å². The maximum absolute atomic E-state index is 11.7. The van der Waals surface area contributed by atoms with Crippen molar-refractivity contribution in [2.24, 2.45) is 5.73 Å². The third kappa shape index (κ3) is 8.09. The Morgan fingerprint density at radius 1 is 1.10 bits per heavy atom. The molecule has 1 aromatic rings. The van der Waals surface area contributed by atoms with Gasteiger partial charge < -0.3 is 16.2 Å². The van der Waals surface area contributed by atoms with E-state index in [1.807, 2.05) is 30.3 Å². The van der Waals surface area contributed by atoms with Crippen molar-refractivity contribution in [1.82, 2.24) is 5.32 Å². The van der Waals surface area contributed by atoms with E-state index in [1.54, 1.807) is 0 Å². The quantitative estimate of drug-likeness (QED) is 0.577. The van der Waals surface area contributed by atoms with Crippen LogP contribution in [0.4, 0.5) is 0 Å². The van der Waals surface area contributed by atoms with Gasteiger partial charge in [0.2, 0.25) is 5.91 Å². The Morgan fingerprint density at radius 3 is 2.48 bits per heavy atom. The predicted octanol–water partition coefficient (Wildman–Crippen LogP) is 2.23. The van der Waals surface area contributed by atoms with Crippen LogP contribution in [0.15, 0.2) is 30.3 Å². The summed E-state index contributed by atoms with van der Waals surface area (Å²) in [5.74, 6) is -0.770. The fourth-order valence-electron chi connectivity index (χ4n) is 2.05. The summed E-state index contributed by atoms with van der Waals surface area (Å²) in [4.78, 5) is 22.0. The molecule has 21 heavy (non-hydrogen) atoms. The van der Waals surface area contributed by atoms with Gasteiger partial charge in [0.05, 0.1) is 0 Å². The Morgan fingerprint density at radius 2 is 1.81 bits per heavy atom. The predicted molar refractivity (Wildman–Crippen MR) is 81.7 cm³/mol. The van der Waals surface area contributed by atoms with Crippen molar-refractivity contribution in [2.45, 2.75) is 44.6 Å². The fraction of sp³-hybridized carbons (Fsp3) is 0.500. The lowest BCUT2D eigenvalue weighted by atomic mass is 10.0. The molecule has 0 radical (unpaired) electrons. The highest BCUT2D eigenvalue weighted by Gasteiger charge is 2.08. The van der Waals surface area contributed by atoms with Gasteiger partial charge in [0.15, 0.2) is 0 Å². The molecule has 0 heterocycles. The first-order chi connectivity index (χ1) is 10.1. The maximum Gasteiger partial charge on any atom is 0.303 e. The zero-order chi connectivity index (χ0) is 15.5. The largest absolute Gasteiger partial charge is 0.481 e. The summed E-state index contributed by atoms with van der Waals surface area (Å²) >= 11 is 0. The number of rotatable bonds is 10. The van der Waals surface area contributed by atoms with Gasteiger partial charge in [-0.2, -0.15) is 0 Å². The van der Waals surface area contributed by atoms with Crippen molar-refractivity contribution in [3.63, 3.8) is 0 Å². The molecule has 0 bridgehead atoms. The van der Waals surface area contributed by atoms with E-state index in [1.165, 1.54) is 0 Å². The standard InChI is InChI=1S/C16H24N2O3/c17-14(13-7-3-1-4-8-13)10-11-15(19)18-12-6-2-5-9-16(20)21/h1,3-4,7-8,14H,2,5-6,9-12,17H2,(H,18,19)(H,20,21). The van der Waals surface area contributed by atoms with Crippen LogP contribution in [0.1, 0.15) is 50.1 Å². The first kappa shape index (κ1) is 17.2. The minimum atomic E-state index is -0.770. The molecule has 1 aromatic carbocycles. The second-order valence-electron chi connectivity index (χ2n) is 5.11. The molecule has 0 spiro atoms. The number of aliphatic carboxylic acids is 1. The molecular weight excluding hydrogens is 268 g/mol. The van der Waals surface area contributed by atoms with Crippen LogP contribution in [0.3, 0.4) is 0 Å². The number of carbonyl (C=O) groups excluding carboxylic acids is 1. The number of hydrogen-bond acceptors (Lipinski definition) is 3. The normalized spacial score (nSPS) is 11.9. The molecule has 0 aromatic heterocycles. The summed E-state index contributed by atoms with van der Waals surface area (Å²) in [6.07, 6.45) is 3.50. The van der Waals surface area contributed by atoms with E-state index < -0.39 is 5.97 Å². The smallest absolute Gasteiger partial charge is 0.303 e. The number of nitrogens with two attached hydrogens (primary N) is 1. The lowest BCUT2D eigenvalue weighted by Crippen LogP contribution is -2.25. The van der Waals surface area contributed by atoms with E-state index in [4.69, 9.17) is 10.8 Å². The van der Waals surface area contributed by atoms with Crippen molar-refractivity contribution in [1.29, 1.82) is 0 Å². The van der Waals surface area contributed by atoms with Gasteiger partial charge in [0, 0.05) is 25.4 Å². The third-order valence-corrected chi connectivity index (χ3v) is 3.30. The van der Waals surface area contributed by atoms with Gasteiger partial charge >= 0.3 is 5.97 Å². The number of hydrogen-bond donors (Lipinski definition) is 3. The van der Waals surface area contributed by atoms with E-state index in [0.29, 0.717) is 25.8 Å². The first-order valence-corrected chi connectivity index (χ1v) is 7.38. The van der Waals surface area contributed by atoms with Gasteiger partial charge in [-0.1, -0.05) is 36.8 Å². The Hall–Kier alpha value is -1.88. The fourth-order valence-corrected chi connectivity index (χ4v) is 2.05. The van der Waals surface area contributed by atoms with Crippen LogP contribution in [0.5, 0.6) is 0 Å². The third-order valence-electron chi connectivity index (χ3n) is 3.30. The van der Waals surface area contributed by atoms with Crippen LogP contribution in [-0.4, -0.2) is 23.5 Å². The minimum absolute atomic E-state index is 0.000356. The molecule has 0 aliphatic rings. The zero-order valence-corrected chi connectivity index (χ0v) is 12.3. The van der Waals surface area contributed by atoms with Crippen molar-refractivity contribution >= 4 is 11.9 Å². The van der Waals surface area contributed by atoms with E-state index in [2.05, 4.69) is 5.32 Å². The van der Waals surface area contributed by atoms with Crippen LogP contribution in [-0.2, 0) is 9.59 Å². The number of nitrogens with one attached hydrogen (secondary N) is 1. The molecular formula is C16H24N2O3. The molecule has 0 aliphatic heterocycles. The van der Waals surface area contributed by atoms with Gasteiger partial charge in [0.1, 0.15) is 0 Å². The second kappa shape index (κ2) is 9.94. The molecule has 1 amide bonds. The molecule has 1 unspecified atom stereocenters. The van der Waals surface area contributed by atoms with Crippen LogP contribution < -0.4 is 11.1 Å². The average molecular weight is 292 g/mol. The molecule has 1 rings (SSSR count). The van der Waals surface area contributed by atoms with Crippen LogP contribution in [0, 0.1) is 0 Å². The van der Waals surface area contributed by atoms with Gasteiger partial charge in [0.25, 0.3) is 0 Å². The van der Waals surface area contributed by atoms with Crippen molar-refractivity contribution in [2.75, 3.05) is 6.54 Å². The maximum atomic E-state index is 11.7. The van der Waals surface area contributed by atoms with Crippen LogP contribution >= 0.6 is 0 Å². The number of amides is 1. The molecule has 1 atom stereocenters. The monoisotopic (exact) mass is 292 g/mol. The molecule has 0 saturated heterocycles. The molecule has 0 fully saturated rings. The van der Waals surface area contributed by atoms with E-state index in [9.17, 15) is 9.59 Å². The Labute approximate surface area is 125 Å². The van der Waals surface area contributed by atoms with Crippen LogP contribution in [0.25, 0.3) is 0 Å². The topological polar surface area (TPSA) is 92.4 Å². The molecule has 5 heteroatoms. The van der Waals surface area contributed by atoms with Crippen molar-refractivity contribution in [3.8, 4) is 0 Å². The number of unbranched alkanes of at least 4 members (excludes halogenated alkanes) is 2. The van der Waals surface area contributed by atoms with E-state index in [0.717, 1.165) is 18.4 Å². The molecule has 0 aliphatic carbocycles. The second-order valence-corrected chi connectivity index (χ2v) is 5.11.